The maximum Gasteiger partial charge on any atom is 0.165 e. The van der Waals surface area contributed by atoms with Crippen LogP contribution in [0.5, 0.6) is 0 Å². The molecule has 110 valence electrons. The standard InChI is InChI=1S/C16H21BrClNO/c1-11-7-12(2)10-19(9-11)6-5-16(20)14-4-3-13(17)8-15(14)18/h3-4,8,11-12H,5-7,9-10H2,1-2H3. The highest BCUT2D eigenvalue weighted by atomic mass is 79.9. The van der Waals surface area contributed by atoms with Gasteiger partial charge in [0.1, 0.15) is 0 Å². The van der Waals surface area contributed by atoms with Crippen molar-refractivity contribution in [3.63, 3.8) is 0 Å². The molecule has 1 heterocycles. The summed E-state index contributed by atoms with van der Waals surface area (Å²) in [7, 11) is 0. The van der Waals surface area contributed by atoms with E-state index in [0.29, 0.717) is 17.0 Å². The Labute approximate surface area is 134 Å². The molecule has 0 spiro atoms. The Balaban J connectivity index is 1.91. The lowest BCUT2D eigenvalue weighted by molar-refractivity contribution is 0.0926. The third-order valence-corrected chi connectivity index (χ3v) is 4.64. The maximum atomic E-state index is 12.3. The van der Waals surface area contributed by atoms with E-state index >= 15 is 0 Å². The molecule has 1 aliphatic rings. The Morgan fingerprint density at radius 1 is 1.35 bits per heavy atom. The van der Waals surface area contributed by atoms with Gasteiger partial charge in [0.25, 0.3) is 0 Å². The van der Waals surface area contributed by atoms with Gasteiger partial charge in [-0.3, -0.25) is 4.79 Å². The number of ketones is 1. The van der Waals surface area contributed by atoms with Crippen LogP contribution < -0.4 is 0 Å². The van der Waals surface area contributed by atoms with Crippen molar-refractivity contribution in [1.82, 2.24) is 4.90 Å². The van der Waals surface area contributed by atoms with Crippen molar-refractivity contribution in [2.24, 2.45) is 11.8 Å². The average Bonchev–Trinajstić information content (AvgIpc) is 2.35. The van der Waals surface area contributed by atoms with Gasteiger partial charge < -0.3 is 4.90 Å². The summed E-state index contributed by atoms with van der Waals surface area (Å²) < 4.78 is 0.901. The largest absolute Gasteiger partial charge is 0.302 e. The van der Waals surface area contributed by atoms with Gasteiger partial charge in [0.15, 0.2) is 5.78 Å². The summed E-state index contributed by atoms with van der Waals surface area (Å²) in [5, 5.41) is 0.532. The van der Waals surface area contributed by atoms with Crippen LogP contribution >= 0.6 is 27.5 Å². The minimum atomic E-state index is 0.133. The van der Waals surface area contributed by atoms with Gasteiger partial charge >= 0.3 is 0 Å². The molecule has 2 nitrogen and oxygen atoms in total. The number of rotatable bonds is 4. The Hall–Kier alpha value is -0.380. The van der Waals surface area contributed by atoms with E-state index in [0.717, 1.165) is 35.9 Å². The first-order valence-electron chi connectivity index (χ1n) is 7.16. The lowest BCUT2D eigenvalue weighted by Crippen LogP contribution is -2.39. The summed E-state index contributed by atoms with van der Waals surface area (Å²) in [6.45, 7) is 7.61. The highest BCUT2D eigenvalue weighted by Crippen LogP contribution is 2.24. The summed E-state index contributed by atoms with van der Waals surface area (Å²) in [4.78, 5) is 14.7. The highest BCUT2D eigenvalue weighted by molar-refractivity contribution is 9.10. The molecule has 1 aliphatic heterocycles. The van der Waals surface area contributed by atoms with Crippen LogP contribution in [0.4, 0.5) is 0 Å². The van der Waals surface area contributed by atoms with Crippen molar-refractivity contribution >= 4 is 33.3 Å². The Kier molecular flexibility index (Phi) is 5.65. The van der Waals surface area contributed by atoms with Crippen LogP contribution in [-0.2, 0) is 0 Å². The molecule has 0 saturated carbocycles. The van der Waals surface area contributed by atoms with E-state index in [-0.39, 0.29) is 5.78 Å². The molecule has 20 heavy (non-hydrogen) atoms. The molecular weight excluding hydrogens is 338 g/mol. The van der Waals surface area contributed by atoms with Crippen LogP contribution in [0.1, 0.15) is 37.0 Å². The normalized spacial score (nSPS) is 23.8. The minimum Gasteiger partial charge on any atom is -0.302 e. The number of benzene rings is 1. The summed E-state index contributed by atoms with van der Waals surface area (Å²) in [6.07, 6.45) is 1.84. The molecule has 0 bridgehead atoms. The molecule has 0 aromatic heterocycles. The number of Topliss-reactive ketones (excluding diaryl/α,β-unsaturated/α-hetero) is 1. The molecule has 1 aromatic carbocycles. The number of nitrogens with zero attached hydrogens (tertiary/aromatic N) is 1. The summed E-state index contributed by atoms with van der Waals surface area (Å²) in [6, 6.07) is 5.44. The predicted molar refractivity (Wildman–Crippen MR) is 87.5 cm³/mol. The maximum absolute atomic E-state index is 12.3. The van der Waals surface area contributed by atoms with Crippen LogP contribution in [0.2, 0.25) is 5.02 Å². The van der Waals surface area contributed by atoms with Crippen LogP contribution in [0.3, 0.4) is 0 Å². The lowest BCUT2D eigenvalue weighted by atomic mass is 9.91. The number of carbonyl (C=O) groups is 1. The molecular formula is C16H21BrClNO. The highest BCUT2D eigenvalue weighted by Gasteiger charge is 2.22. The first-order chi connectivity index (χ1) is 9.45. The Morgan fingerprint density at radius 3 is 2.60 bits per heavy atom. The number of likely N-dealkylation sites (tertiary alicyclic amines) is 1. The average molecular weight is 359 g/mol. The molecule has 1 saturated heterocycles. The van der Waals surface area contributed by atoms with Gasteiger partial charge in [0.05, 0.1) is 5.02 Å². The van der Waals surface area contributed by atoms with E-state index < -0.39 is 0 Å². The zero-order valence-electron chi connectivity index (χ0n) is 12.0. The molecule has 1 aromatic rings. The first-order valence-corrected chi connectivity index (χ1v) is 8.33. The number of hydrogen-bond donors (Lipinski definition) is 0. The zero-order chi connectivity index (χ0) is 14.7. The van der Waals surface area contributed by atoms with Crippen molar-refractivity contribution in [2.45, 2.75) is 26.7 Å². The van der Waals surface area contributed by atoms with Crippen molar-refractivity contribution in [3.05, 3.63) is 33.3 Å². The van der Waals surface area contributed by atoms with Gasteiger partial charge in [-0.1, -0.05) is 41.4 Å². The third kappa shape index (κ3) is 4.31. The van der Waals surface area contributed by atoms with Crippen molar-refractivity contribution < 1.29 is 4.79 Å². The number of halogens is 2. The van der Waals surface area contributed by atoms with E-state index in [9.17, 15) is 4.79 Å². The van der Waals surface area contributed by atoms with Gasteiger partial charge in [0.2, 0.25) is 0 Å². The van der Waals surface area contributed by atoms with Crippen LogP contribution in [0.15, 0.2) is 22.7 Å². The molecule has 1 fully saturated rings. The predicted octanol–water partition coefficient (Wildman–Crippen LogP) is 4.65. The number of hydrogen-bond acceptors (Lipinski definition) is 2. The van der Waals surface area contributed by atoms with E-state index in [1.165, 1.54) is 6.42 Å². The fraction of sp³-hybridized carbons (Fsp3) is 0.562. The number of piperidine rings is 1. The fourth-order valence-electron chi connectivity index (χ4n) is 3.08. The summed E-state index contributed by atoms with van der Waals surface area (Å²) in [5.41, 5.74) is 0.632. The second kappa shape index (κ2) is 7.06. The number of carbonyl (C=O) groups excluding carboxylic acids is 1. The van der Waals surface area contributed by atoms with Gasteiger partial charge in [-0.05, 0) is 36.5 Å². The molecule has 0 amide bonds. The van der Waals surface area contributed by atoms with Crippen molar-refractivity contribution in [2.75, 3.05) is 19.6 Å². The molecule has 4 heteroatoms. The summed E-state index contributed by atoms with van der Waals surface area (Å²) in [5.74, 6) is 1.59. The second-order valence-electron chi connectivity index (χ2n) is 6.00. The van der Waals surface area contributed by atoms with Gasteiger partial charge in [-0.15, -0.1) is 0 Å². The molecule has 0 N–H and O–H groups in total. The van der Waals surface area contributed by atoms with E-state index in [1.54, 1.807) is 12.1 Å². The van der Waals surface area contributed by atoms with Crippen molar-refractivity contribution in [1.29, 1.82) is 0 Å². The Bertz CT molecular complexity index is 481. The topological polar surface area (TPSA) is 20.3 Å². The van der Waals surface area contributed by atoms with E-state index in [1.807, 2.05) is 6.07 Å². The third-order valence-electron chi connectivity index (χ3n) is 3.83. The van der Waals surface area contributed by atoms with E-state index in [4.69, 9.17) is 11.6 Å². The Morgan fingerprint density at radius 2 is 2.00 bits per heavy atom. The SMILES string of the molecule is CC1CC(C)CN(CCC(=O)c2ccc(Br)cc2Cl)C1. The fourth-order valence-corrected chi connectivity index (χ4v) is 3.86. The lowest BCUT2D eigenvalue weighted by Gasteiger charge is -2.34. The molecule has 0 radical (unpaired) electrons. The van der Waals surface area contributed by atoms with Crippen LogP contribution in [-0.4, -0.2) is 30.3 Å². The molecule has 2 unspecified atom stereocenters. The zero-order valence-corrected chi connectivity index (χ0v) is 14.4. The smallest absolute Gasteiger partial charge is 0.165 e. The van der Waals surface area contributed by atoms with Crippen LogP contribution in [0, 0.1) is 11.8 Å². The minimum absolute atomic E-state index is 0.133. The molecule has 2 atom stereocenters. The van der Waals surface area contributed by atoms with Gasteiger partial charge in [-0.2, -0.15) is 0 Å². The quantitative estimate of drug-likeness (QED) is 0.730. The molecule has 0 aliphatic carbocycles. The van der Waals surface area contributed by atoms with Gasteiger partial charge in [-0.25, -0.2) is 0 Å². The molecule has 2 rings (SSSR count). The van der Waals surface area contributed by atoms with Crippen molar-refractivity contribution in [3.8, 4) is 0 Å². The second-order valence-corrected chi connectivity index (χ2v) is 7.33. The van der Waals surface area contributed by atoms with Gasteiger partial charge in [0, 0.05) is 36.1 Å². The van der Waals surface area contributed by atoms with E-state index in [2.05, 4.69) is 34.7 Å². The monoisotopic (exact) mass is 357 g/mol. The van der Waals surface area contributed by atoms with Crippen LogP contribution in [0.25, 0.3) is 0 Å². The first kappa shape index (κ1) is 16.0. The summed E-state index contributed by atoms with van der Waals surface area (Å²) >= 11 is 9.48.